The molecule has 0 aliphatic heterocycles. The number of halogens is 1. The van der Waals surface area contributed by atoms with E-state index in [1.165, 1.54) is 0 Å². The molecule has 20 heavy (non-hydrogen) atoms. The summed E-state index contributed by atoms with van der Waals surface area (Å²) in [5.41, 5.74) is 4.92. The Kier molecular flexibility index (Phi) is 3.38. The summed E-state index contributed by atoms with van der Waals surface area (Å²) in [6, 6.07) is 3.74. The third-order valence-corrected chi connectivity index (χ3v) is 4.48. The van der Waals surface area contributed by atoms with E-state index in [2.05, 4.69) is 0 Å². The summed E-state index contributed by atoms with van der Waals surface area (Å²) in [4.78, 5) is 16.0. The van der Waals surface area contributed by atoms with Crippen LogP contribution >= 0.6 is 11.6 Å². The molecule has 0 unspecified atom stereocenters. The van der Waals surface area contributed by atoms with Gasteiger partial charge in [0.05, 0.1) is 11.9 Å². The number of carbonyl (C=O) groups is 1. The normalized spacial score (nSPS) is 14.3. The van der Waals surface area contributed by atoms with Gasteiger partial charge in [0.25, 0.3) is 0 Å². The number of hydrogen-bond donors (Lipinski definition) is 1. The van der Waals surface area contributed by atoms with Crippen molar-refractivity contribution in [3.05, 3.63) is 39.5 Å². The number of aliphatic carboxylic acids is 1. The van der Waals surface area contributed by atoms with Crippen molar-refractivity contribution in [2.45, 2.75) is 39.0 Å². The summed E-state index contributed by atoms with van der Waals surface area (Å²) in [5, 5.41) is 10.8. The molecule has 1 aromatic carbocycles. The molecule has 0 radical (unpaired) electrons. The van der Waals surface area contributed by atoms with Crippen LogP contribution in [0.3, 0.4) is 0 Å². The summed E-state index contributed by atoms with van der Waals surface area (Å²) >= 11 is 6.17. The van der Waals surface area contributed by atoms with Crippen LogP contribution in [-0.2, 0) is 24.1 Å². The fraction of sp³-hybridized carbons (Fsp3) is 0.375. The van der Waals surface area contributed by atoms with Crippen molar-refractivity contribution in [3.63, 3.8) is 0 Å². The third kappa shape index (κ3) is 2.16. The number of pyridine rings is 1. The van der Waals surface area contributed by atoms with Crippen molar-refractivity contribution in [1.82, 2.24) is 4.98 Å². The minimum absolute atomic E-state index is 0.0580. The second-order valence-electron chi connectivity index (χ2n) is 5.36. The van der Waals surface area contributed by atoms with E-state index < -0.39 is 5.97 Å². The van der Waals surface area contributed by atoms with E-state index in [9.17, 15) is 9.90 Å². The molecule has 0 saturated carbocycles. The van der Waals surface area contributed by atoms with Crippen molar-refractivity contribution >= 4 is 28.5 Å². The van der Waals surface area contributed by atoms with Crippen LogP contribution in [0, 0.1) is 6.92 Å². The van der Waals surface area contributed by atoms with Gasteiger partial charge in [-0.25, -0.2) is 0 Å². The largest absolute Gasteiger partial charge is 0.481 e. The lowest BCUT2D eigenvalue weighted by atomic mass is 9.88. The number of aryl methyl sites for hydroxylation is 2. The molecule has 0 amide bonds. The van der Waals surface area contributed by atoms with Crippen molar-refractivity contribution in [3.8, 4) is 0 Å². The van der Waals surface area contributed by atoms with Gasteiger partial charge in [0.15, 0.2) is 0 Å². The fourth-order valence-corrected chi connectivity index (χ4v) is 3.20. The van der Waals surface area contributed by atoms with Crippen LogP contribution in [0.1, 0.15) is 35.2 Å². The molecule has 4 heteroatoms. The van der Waals surface area contributed by atoms with E-state index in [-0.39, 0.29) is 6.42 Å². The lowest BCUT2D eigenvalue weighted by Gasteiger charge is -2.21. The number of fused-ring (bicyclic) bond motifs is 2. The predicted octanol–water partition coefficient (Wildman–Crippen LogP) is 3.70. The topological polar surface area (TPSA) is 50.2 Å². The maximum absolute atomic E-state index is 11.2. The van der Waals surface area contributed by atoms with E-state index in [0.29, 0.717) is 5.02 Å². The number of carboxylic acid groups (broad SMARTS) is 1. The first-order valence-corrected chi connectivity index (χ1v) is 7.27. The van der Waals surface area contributed by atoms with E-state index >= 15 is 0 Å². The summed E-state index contributed by atoms with van der Waals surface area (Å²) in [6.45, 7) is 1.94. The van der Waals surface area contributed by atoms with Crippen LogP contribution in [0.2, 0.25) is 5.02 Å². The molecule has 0 saturated heterocycles. The van der Waals surface area contributed by atoms with Gasteiger partial charge in [-0.15, -0.1) is 0 Å². The molecule has 1 heterocycles. The first-order valence-electron chi connectivity index (χ1n) is 6.89. The van der Waals surface area contributed by atoms with E-state index in [0.717, 1.165) is 59.0 Å². The zero-order valence-corrected chi connectivity index (χ0v) is 12.1. The van der Waals surface area contributed by atoms with E-state index in [1.807, 2.05) is 19.1 Å². The van der Waals surface area contributed by atoms with Gasteiger partial charge in [-0.3, -0.25) is 9.78 Å². The Morgan fingerprint density at radius 3 is 2.85 bits per heavy atom. The highest BCUT2D eigenvalue weighted by Gasteiger charge is 2.20. The molecule has 3 rings (SSSR count). The van der Waals surface area contributed by atoms with Gasteiger partial charge in [0.2, 0.25) is 0 Å². The Labute approximate surface area is 122 Å². The Bertz CT molecular complexity index is 709. The van der Waals surface area contributed by atoms with Gasteiger partial charge in [-0.1, -0.05) is 17.7 Å². The van der Waals surface area contributed by atoms with Crippen LogP contribution in [0.5, 0.6) is 0 Å². The maximum atomic E-state index is 11.2. The first kappa shape index (κ1) is 13.4. The summed E-state index contributed by atoms with van der Waals surface area (Å²) < 4.78 is 0. The highest BCUT2D eigenvalue weighted by molar-refractivity contribution is 6.32. The molecule has 0 bridgehead atoms. The monoisotopic (exact) mass is 289 g/mol. The van der Waals surface area contributed by atoms with Crippen molar-refractivity contribution in [1.29, 1.82) is 0 Å². The molecule has 104 valence electrons. The molecule has 0 atom stereocenters. The van der Waals surface area contributed by atoms with Gasteiger partial charge in [0.1, 0.15) is 0 Å². The van der Waals surface area contributed by atoms with Gasteiger partial charge in [0, 0.05) is 16.1 Å². The van der Waals surface area contributed by atoms with E-state index in [4.69, 9.17) is 16.6 Å². The van der Waals surface area contributed by atoms with Crippen molar-refractivity contribution in [2.75, 3.05) is 0 Å². The van der Waals surface area contributed by atoms with Gasteiger partial charge >= 0.3 is 5.97 Å². The average molecular weight is 290 g/mol. The number of benzene rings is 1. The minimum Gasteiger partial charge on any atom is -0.481 e. The highest BCUT2D eigenvalue weighted by atomic mass is 35.5. The smallest absolute Gasteiger partial charge is 0.307 e. The SMILES string of the molecule is Cc1c(Cl)ccc2c(CC(=O)O)c3c(nc12)CCCC3. The van der Waals surface area contributed by atoms with Crippen molar-refractivity contribution in [2.24, 2.45) is 0 Å². The molecular formula is C16H16ClNO2. The molecular weight excluding hydrogens is 274 g/mol. The number of carboxylic acids is 1. The highest BCUT2D eigenvalue weighted by Crippen LogP contribution is 2.33. The van der Waals surface area contributed by atoms with Gasteiger partial charge < -0.3 is 5.11 Å². The Hall–Kier alpha value is -1.61. The number of rotatable bonds is 2. The Balaban J connectivity index is 2.35. The molecule has 1 N–H and O–H groups in total. The number of aromatic nitrogens is 1. The average Bonchev–Trinajstić information content (AvgIpc) is 2.43. The molecule has 0 fully saturated rings. The Morgan fingerprint density at radius 2 is 2.10 bits per heavy atom. The predicted molar refractivity (Wildman–Crippen MR) is 79.5 cm³/mol. The third-order valence-electron chi connectivity index (χ3n) is 4.07. The van der Waals surface area contributed by atoms with Crippen LogP contribution < -0.4 is 0 Å². The maximum Gasteiger partial charge on any atom is 0.307 e. The van der Waals surface area contributed by atoms with Gasteiger partial charge in [-0.05, 0) is 55.4 Å². The van der Waals surface area contributed by atoms with Crippen LogP contribution in [-0.4, -0.2) is 16.1 Å². The quantitative estimate of drug-likeness (QED) is 0.917. The number of hydrogen-bond acceptors (Lipinski definition) is 2. The summed E-state index contributed by atoms with van der Waals surface area (Å²) in [6.07, 6.45) is 4.16. The van der Waals surface area contributed by atoms with Gasteiger partial charge in [-0.2, -0.15) is 0 Å². The lowest BCUT2D eigenvalue weighted by Crippen LogP contribution is -2.13. The van der Waals surface area contributed by atoms with Crippen LogP contribution in [0.4, 0.5) is 0 Å². The zero-order valence-electron chi connectivity index (χ0n) is 11.4. The zero-order chi connectivity index (χ0) is 14.3. The molecule has 1 aliphatic rings. The van der Waals surface area contributed by atoms with E-state index in [1.54, 1.807) is 0 Å². The molecule has 0 spiro atoms. The first-order chi connectivity index (χ1) is 9.58. The fourth-order valence-electron chi connectivity index (χ4n) is 3.05. The molecule has 1 aromatic heterocycles. The summed E-state index contributed by atoms with van der Waals surface area (Å²) in [5.74, 6) is -0.794. The van der Waals surface area contributed by atoms with Crippen LogP contribution in [0.15, 0.2) is 12.1 Å². The second-order valence-corrected chi connectivity index (χ2v) is 5.77. The summed E-state index contributed by atoms with van der Waals surface area (Å²) in [7, 11) is 0. The molecule has 2 aromatic rings. The second kappa shape index (κ2) is 5.06. The van der Waals surface area contributed by atoms with Crippen LogP contribution in [0.25, 0.3) is 10.9 Å². The van der Waals surface area contributed by atoms with Crippen molar-refractivity contribution < 1.29 is 9.90 Å². The molecule has 3 nitrogen and oxygen atoms in total. The number of nitrogens with zero attached hydrogens (tertiary/aromatic N) is 1. The standard InChI is InChI=1S/C16H16ClNO2/c1-9-13(17)7-6-11-12(8-15(19)20)10-4-2-3-5-14(10)18-16(9)11/h6-7H,2-5,8H2,1H3,(H,19,20). The Morgan fingerprint density at radius 1 is 1.35 bits per heavy atom. The lowest BCUT2D eigenvalue weighted by molar-refractivity contribution is -0.136. The minimum atomic E-state index is -0.794. The molecule has 1 aliphatic carbocycles.